The molecule has 1 saturated heterocycles. The van der Waals surface area contributed by atoms with Crippen molar-refractivity contribution in [1.82, 2.24) is 10.2 Å². The number of piperidine rings is 1. The summed E-state index contributed by atoms with van der Waals surface area (Å²) in [6.07, 6.45) is 5.08. The van der Waals surface area contributed by atoms with Crippen molar-refractivity contribution in [1.29, 1.82) is 0 Å². The van der Waals surface area contributed by atoms with E-state index in [-0.39, 0.29) is 5.91 Å². The lowest BCUT2D eigenvalue weighted by Gasteiger charge is -2.26. The van der Waals surface area contributed by atoms with Gasteiger partial charge in [-0.25, -0.2) is 0 Å². The number of hydrogen-bond acceptors (Lipinski definition) is 3. The van der Waals surface area contributed by atoms with Crippen LogP contribution >= 0.6 is 11.8 Å². The van der Waals surface area contributed by atoms with Gasteiger partial charge in [0.25, 0.3) is 0 Å². The number of nitrogens with one attached hydrogen (secondary N) is 1. The van der Waals surface area contributed by atoms with Gasteiger partial charge in [0.15, 0.2) is 0 Å². The molecular formula is C20H26N2OS. The van der Waals surface area contributed by atoms with Gasteiger partial charge < -0.3 is 10.2 Å². The monoisotopic (exact) mass is 342 g/mol. The normalized spacial score (nSPS) is 15.5. The van der Waals surface area contributed by atoms with Crippen LogP contribution in [-0.4, -0.2) is 42.7 Å². The van der Waals surface area contributed by atoms with E-state index in [0.717, 1.165) is 24.4 Å². The van der Waals surface area contributed by atoms with Crippen molar-refractivity contribution in [3.63, 3.8) is 0 Å². The van der Waals surface area contributed by atoms with Crippen LogP contribution in [-0.2, 0) is 4.79 Å². The van der Waals surface area contributed by atoms with Gasteiger partial charge in [0.05, 0.1) is 5.75 Å². The van der Waals surface area contributed by atoms with E-state index in [4.69, 9.17) is 0 Å². The first kappa shape index (κ1) is 17.3. The molecule has 1 amide bonds. The zero-order valence-electron chi connectivity index (χ0n) is 14.2. The van der Waals surface area contributed by atoms with Crippen molar-refractivity contribution in [2.24, 2.45) is 0 Å². The predicted molar refractivity (Wildman–Crippen MR) is 103 cm³/mol. The molecule has 1 aliphatic rings. The molecule has 3 nitrogen and oxygen atoms in total. The average molecular weight is 343 g/mol. The van der Waals surface area contributed by atoms with Gasteiger partial charge in [-0.05, 0) is 61.8 Å². The van der Waals surface area contributed by atoms with E-state index >= 15 is 0 Å². The Hall–Kier alpha value is -1.52. The van der Waals surface area contributed by atoms with Crippen LogP contribution in [0, 0.1) is 0 Å². The fourth-order valence-electron chi connectivity index (χ4n) is 3.17. The lowest BCUT2D eigenvalue weighted by Crippen LogP contribution is -2.33. The van der Waals surface area contributed by atoms with Crippen molar-refractivity contribution in [2.75, 3.05) is 31.9 Å². The zero-order chi connectivity index (χ0) is 16.6. The molecule has 1 N–H and O–H groups in total. The van der Waals surface area contributed by atoms with Crippen LogP contribution < -0.4 is 5.32 Å². The standard InChI is InChI=1S/C20H26N2OS/c23-20(21-11-6-14-22-12-4-1-5-13-22)16-24-19-10-9-17-7-2-3-8-18(17)15-19/h2-3,7-10,15H,1,4-6,11-14,16H2,(H,21,23). The fraction of sp³-hybridized carbons (Fsp3) is 0.450. The molecule has 4 heteroatoms. The molecule has 1 aliphatic heterocycles. The third kappa shape index (κ3) is 5.25. The lowest BCUT2D eigenvalue weighted by atomic mass is 10.1. The van der Waals surface area contributed by atoms with E-state index < -0.39 is 0 Å². The number of rotatable bonds is 7. The molecule has 3 rings (SSSR count). The number of carbonyl (C=O) groups excluding carboxylic acids is 1. The molecule has 0 atom stereocenters. The number of nitrogens with zero attached hydrogens (tertiary/aromatic N) is 1. The average Bonchev–Trinajstić information content (AvgIpc) is 2.64. The third-order valence-electron chi connectivity index (χ3n) is 4.51. The van der Waals surface area contributed by atoms with Gasteiger partial charge in [0.1, 0.15) is 0 Å². The van der Waals surface area contributed by atoms with Crippen molar-refractivity contribution < 1.29 is 4.79 Å². The molecule has 0 unspecified atom stereocenters. The topological polar surface area (TPSA) is 32.3 Å². The maximum Gasteiger partial charge on any atom is 0.230 e. The molecule has 2 aromatic rings. The number of thioether (sulfide) groups is 1. The Labute approximate surface area is 148 Å². The van der Waals surface area contributed by atoms with E-state index in [1.54, 1.807) is 11.8 Å². The van der Waals surface area contributed by atoms with Gasteiger partial charge in [-0.3, -0.25) is 4.79 Å². The van der Waals surface area contributed by atoms with Gasteiger partial charge in [0, 0.05) is 11.4 Å². The molecule has 1 fully saturated rings. The molecule has 0 radical (unpaired) electrons. The molecule has 2 aromatic carbocycles. The Morgan fingerprint density at radius 3 is 2.67 bits per heavy atom. The van der Waals surface area contributed by atoms with Crippen molar-refractivity contribution in [3.05, 3.63) is 42.5 Å². The second-order valence-electron chi connectivity index (χ2n) is 6.40. The molecular weight excluding hydrogens is 316 g/mol. The van der Waals surface area contributed by atoms with Crippen LogP contribution in [0.4, 0.5) is 0 Å². The fourth-order valence-corrected chi connectivity index (χ4v) is 3.94. The maximum absolute atomic E-state index is 12.0. The quantitative estimate of drug-likeness (QED) is 0.611. The van der Waals surface area contributed by atoms with Crippen LogP contribution in [0.15, 0.2) is 47.4 Å². The highest BCUT2D eigenvalue weighted by atomic mass is 32.2. The predicted octanol–water partition coefficient (Wildman–Crippen LogP) is 3.92. The first-order chi connectivity index (χ1) is 11.8. The molecule has 1 heterocycles. The SMILES string of the molecule is O=C(CSc1ccc2ccccc2c1)NCCCN1CCCCC1. The summed E-state index contributed by atoms with van der Waals surface area (Å²) in [6, 6.07) is 14.7. The first-order valence-electron chi connectivity index (χ1n) is 8.92. The van der Waals surface area contributed by atoms with Crippen molar-refractivity contribution in [2.45, 2.75) is 30.6 Å². The number of likely N-dealkylation sites (tertiary alicyclic amines) is 1. The van der Waals surface area contributed by atoms with Crippen molar-refractivity contribution >= 4 is 28.4 Å². The largest absolute Gasteiger partial charge is 0.355 e. The summed E-state index contributed by atoms with van der Waals surface area (Å²) in [4.78, 5) is 15.6. The molecule has 0 saturated carbocycles. The minimum atomic E-state index is 0.131. The van der Waals surface area contributed by atoms with E-state index in [0.29, 0.717) is 5.75 Å². The summed E-state index contributed by atoms with van der Waals surface area (Å²) in [5.74, 6) is 0.619. The molecule has 0 spiro atoms. The summed E-state index contributed by atoms with van der Waals surface area (Å²) in [5.41, 5.74) is 0. The summed E-state index contributed by atoms with van der Waals surface area (Å²) >= 11 is 1.61. The summed E-state index contributed by atoms with van der Waals surface area (Å²) in [7, 11) is 0. The second-order valence-corrected chi connectivity index (χ2v) is 7.45. The molecule has 0 aromatic heterocycles. The Balaban J connectivity index is 1.35. The lowest BCUT2D eigenvalue weighted by molar-refractivity contribution is -0.118. The number of amides is 1. The first-order valence-corrected chi connectivity index (χ1v) is 9.90. The second kappa shape index (κ2) is 9.09. The van der Waals surface area contributed by atoms with E-state index in [1.165, 1.54) is 43.1 Å². The highest BCUT2D eigenvalue weighted by Crippen LogP contribution is 2.23. The number of fused-ring (bicyclic) bond motifs is 1. The number of benzene rings is 2. The van der Waals surface area contributed by atoms with Crippen LogP contribution in [0.3, 0.4) is 0 Å². The molecule has 24 heavy (non-hydrogen) atoms. The van der Waals surface area contributed by atoms with Crippen molar-refractivity contribution in [3.8, 4) is 0 Å². The maximum atomic E-state index is 12.0. The minimum Gasteiger partial charge on any atom is -0.355 e. The minimum absolute atomic E-state index is 0.131. The number of carbonyl (C=O) groups is 1. The van der Waals surface area contributed by atoms with Crippen LogP contribution in [0.2, 0.25) is 0 Å². The Morgan fingerprint density at radius 2 is 1.83 bits per heavy atom. The van der Waals surface area contributed by atoms with E-state index in [2.05, 4.69) is 40.5 Å². The summed E-state index contributed by atoms with van der Waals surface area (Å²) < 4.78 is 0. The Kier molecular flexibility index (Phi) is 6.56. The van der Waals surface area contributed by atoms with Gasteiger partial charge in [-0.2, -0.15) is 0 Å². The highest BCUT2D eigenvalue weighted by molar-refractivity contribution is 8.00. The van der Waals surface area contributed by atoms with Crippen LogP contribution in [0.5, 0.6) is 0 Å². The van der Waals surface area contributed by atoms with Gasteiger partial charge in [-0.15, -0.1) is 11.8 Å². The Morgan fingerprint density at radius 1 is 1.04 bits per heavy atom. The van der Waals surface area contributed by atoms with Gasteiger partial charge in [0.2, 0.25) is 5.91 Å². The summed E-state index contributed by atoms with van der Waals surface area (Å²) in [5, 5.41) is 5.51. The molecule has 128 valence electrons. The number of hydrogen-bond donors (Lipinski definition) is 1. The van der Waals surface area contributed by atoms with Crippen LogP contribution in [0.25, 0.3) is 10.8 Å². The smallest absolute Gasteiger partial charge is 0.230 e. The third-order valence-corrected chi connectivity index (χ3v) is 5.51. The van der Waals surface area contributed by atoms with Crippen LogP contribution in [0.1, 0.15) is 25.7 Å². The van der Waals surface area contributed by atoms with Gasteiger partial charge in [-0.1, -0.05) is 36.8 Å². The molecule has 0 aliphatic carbocycles. The zero-order valence-corrected chi connectivity index (χ0v) is 15.0. The Bertz CT molecular complexity index is 667. The molecule has 0 bridgehead atoms. The highest BCUT2D eigenvalue weighted by Gasteiger charge is 2.09. The van der Waals surface area contributed by atoms with E-state index in [9.17, 15) is 4.79 Å². The summed E-state index contributed by atoms with van der Waals surface area (Å²) in [6.45, 7) is 4.35. The van der Waals surface area contributed by atoms with E-state index in [1.807, 2.05) is 12.1 Å². The van der Waals surface area contributed by atoms with Gasteiger partial charge >= 0.3 is 0 Å².